The molecule has 2 aliphatic heterocycles. The van der Waals surface area contributed by atoms with E-state index in [4.69, 9.17) is 18.8 Å². The number of unbranched alkanes of at least 4 members (excludes halogenated alkanes) is 1. The second-order valence-electron chi connectivity index (χ2n) is 7.60. The molecule has 4 atom stereocenters. The molecule has 0 unspecified atom stereocenters. The minimum Gasteiger partial charge on any atom is -0.481 e. The first kappa shape index (κ1) is 21.2. The Morgan fingerprint density at radius 1 is 1.11 bits per heavy atom. The van der Waals surface area contributed by atoms with Crippen LogP contribution in [0.25, 0.3) is 0 Å². The standard InChI is InChI=1S/C20H28O7S/c1-14-5-7-15(8-6-14)28(23,24)26-13-17-16(18-9-10-19(17)27-18)12-25-11-3-2-4-20(21)22/h5-8,16-19H,2-4,9-13H2,1H3,(H,21,22)/t16-,17+,18-,19+/m0/s1. The van der Waals surface area contributed by atoms with Crippen LogP contribution in [-0.2, 0) is 28.6 Å². The molecule has 2 heterocycles. The molecule has 1 N–H and O–H groups in total. The van der Waals surface area contributed by atoms with Crippen molar-refractivity contribution in [3.05, 3.63) is 29.8 Å². The second kappa shape index (κ2) is 9.35. The van der Waals surface area contributed by atoms with Crippen LogP contribution in [0.3, 0.4) is 0 Å². The molecule has 0 spiro atoms. The Morgan fingerprint density at radius 3 is 2.39 bits per heavy atom. The molecule has 1 aromatic carbocycles. The predicted octanol–water partition coefficient (Wildman–Crippen LogP) is 2.77. The van der Waals surface area contributed by atoms with Crippen LogP contribution in [0.5, 0.6) is 0 Å². The molecule has 0 saturated carbocycles. The van der Waals surface area contributed by atoms with Crippen molar-refractivity contribution < 1.29 is 32.0 Å². The van der Waals surface area contributed by atoms with Gasteiger partial charge in [0.15, 0.2) is 0 Å². The molecule has 0 radical (unpaired) electrons. The zero-order valence-electron chi connectivity index (χ0n) is 16.1. The number of benzene rings is 1. The lowest BCUT2D eigenvalue weighted by Gasteiger charge is -2.27. The van der Waals surface area contributed by atoms with E-state index in [1.54, 1.807) is 24.3 Å². The smallest absolute Gasteiger partial charge is 0.303 e. The Morgan fingerprint density at radius 2 is 1.75 bits per heavy atom. The van der Waals surface area contributed by atoms with Gasteiger partial charge >= 0.3 is 5.97 Å². The van der Waals surface area contributed by atoms with Gasteiger partial charge < -0.3 is 14.6 Å². The van der Waals surface area contributed by atoms with Crippen molar-refractivity contribution in [2.24, 2.45) is 11.8 Å². The average Bonchev–Trinajstić information content (AvgIpc) is 3.24. The highest BCUT2D eigenvalue weighted by Crippen LogP contribution is 2.44. The van der Waals surface area contributed by atoms with Gasteiger partial charge in [-0.3, -0.25) is 8.98 Å². The van der Waals surface area contributed by atoms with Crippen molar-refractivity contribution in [1.82, 2.24) is 0 Å². The third-order valence-corrected chi connectivity index (χ3v) is 6.85. The van der Waals surface area contributed by atoms with Gasteiger partial charge in [-0.25, -0.2) is 0 Å². The predicted molar refractivity (Wildman–Crippen MR) is 101 cm³/mol. The van der Waals surface area contributed by atoms with E-state index in [-0.39, 0.29) is 42.0 Å². The first-order valence-electron chi connectivity index (χ1n) is 9.78. The van der Waals surface area contributed by atoms with Crippen molar-refractivity contribution in [3.63, 3.8) is 0 Å². The molecule has 0 aromatic heterocycles. The van der Waals surface area contributed by atoms with Gasteiger partial charge in [-0.1, -0.05) is 17.7 Å². The van der Waals surface area contributed by atoms with Crippen molar-refractivity contribution in [2.75, 3.05) is 19.8 Å². The Labute approximate surface area is 166 Å². The summed E-state index contributed by atoms with van der Waals surface area (Å²) in [6, 6.07) is 6.61. The van der Waals surface area contributed by atoms with Gasteiger partial charge in [0.1, 0.15) is 0 Å². The van der Waals surface area contributed by atoms with Crippen LogP contribution >= 0.6 is 0 Å². The molecule has 1 aromatic rings. The van der Waals surface area contributed by atoms with Gasteiger partial charge in [0.2, 0.25) is 0 Å². The number of hydrogen-bond donors (Lipinski definition) is 1. The van der Waals surface area contributed by atoms with Crippen LogP contribution in [0.15, 0.2) is 29.2 Å². The highest BCUT2D eigenvalue weighted by atomic mass is 32.2. The van der Waals surface area contributed by atoms with Crippen LogP contribution < -0.4 is 0 Å². The Balaban J connectivity index is 1.50. The molecule has 28 heavy (non-hydrogen) atoms. The molecule has 3 rings (SSSR count). The molecular weight excluding hydrogens is 384 g/mol. The minimum atomic E-state index is -3.80. The quantitative estimate of drug-likeness (QED) is 0.441. The fourth-order valence-electron chi connectivity index (χ4n) is 3.97. The normalized spacial score (nSPS) is 26.6. The highest BCUT2D eigenvalue weighted by molar-refractivity contribution is 7.86. The Bertz CT molecular complexity index is 759. The van der Waals surface area contributed by atoms with E-state index in [2.05, 4.69) is 0 Å². The fraction of sp³-hybridized carbons (Fsp3) is 0.650. The van der Waals surface area contributed by atoms with Crippen molar-refractivity contribution in [3.8, 4) is 0 Å². The second-order valence-corrected chi connectivity index (χ2v) is 9.21. The zero-order valence-corrected chi connectivity index (χ0v) is 16.9. The Hall–Kier alpha value is -1.48. The molecule has 2 fully saturated rings. The molecule has 0 amide bonds. The number of carbonyl (C=O) groups is 1. The summed E-state index contributed by atoms with van der Waals surface area (Å²) >= 11 is 0. The van der Waals surface area contributed by atoms with E-state index in [0.29, 0.717) is 26.1 Å². The van der Waals surface area contributed by atoms with Gasteiger partial charge in [-0.05, 0) is 44.7 Å². The van der Waals surface area contributed by atoms with E-state index in [0.717, 1.165) is 18.4 Å². The number of carboxylic acids is 1. The molecule has 7 nitrogen and oxygen atoms in total. The lowest BCUT2D eigenvalue weighted by atomic mass is 9.80. The summed E-state index contributed by atoms with van der Waals surface area (Å²) in [6.45, 7) is 2.96. The zero-order chi connectivity index (χ0) is 20.1. The van der Waals surface area contributed by atoms with E-state index in [1.165, 1.54) is 0 Å². The summed E-state index contributed by atoms with van der Waals surface area (Å²) in [5, 5.41) is 8.65. The molecule has 2 bridgehead atoms. The number of aliphatic carboxylic acids is 1. The van der Waals surface area contributed by atoms with Crippen LogP contribution in [-0.4, -0.2) is 51.5 Å². The van der Waals surface area contributed by atoms with Gasteiger partial charge in [0, 0.05) is 24.9 Å². The number of fused-ring (bicyclic) bond motifs is 2. The van der Waals surface area contributed by atoms with E-state index in [1.807, 2.05) is 6.92 Å². The minimum absolute atomic E-state index is 0.0128. The molecule has 2 aliphatic rings. The SMILES string of the molecule is Cc1ccc(S(=O)(=O)OC[C@@H]2[C@H](COCCCCC(=O)O)[C@@H]3CC[C@H]2O3)cc1. The summed E-state index contributed by atoms with van der Waals surface area (Å²) in [5.74, 6) is -0.710. The number of carboxylic acid groups (broad SMARTS) is 1. The highest BCUT2D eigenvalue weighted by Gasteiger charge is 2.49. The summed E-state index contributed by atoms with van der Waals surface area (Å²) in [4.78, 5) is 10.7. The van der Waals surface area contributed by atoms with Crippen molar-refractivity contribution in [2.45, 2.75) is 56.1 Å². The topological polar surface area (TPSA) is 99.1 Å². The summed E-state index contributed by atoms with van der Waals surface area (Å²) in [5.41, 5.74) is 0.987. The van der Waals surface area contributed by atoms with Gasteiger partial charge in [0.25, 0.3) is 10.1 Å². The average molecular weight is 413 g/mol. The van der Waals surface area contributed by atoms with E-state index >= 15 is 0 Å². The van der Waals surface area contributed by atoms with Crippen molar-refractivity contribution in [1.29, 1.82) is 0 Å². The van der Waals surface area contributed by atoms with Gasteiger partial charge in [-0.2, -0.15) is 8.42 Å². The summed E-state index contributed by atoms with van der Waals surface area (Å²) in [6.07, 6.45) is 3.39. The molecular formula is C20H28O7S. The fourth-order valence-corrected chi connectivity index (χ4v) is 4.92. The third kappa shape index (κ3) is 5.31. The first-order chi connectivity index (χ1) is 13.4. The van der Waals surface area contributed by atoms with E-state index < -0.39 is 16.1 Å². The lowest BCUT2D eigenvalue weighted by Crippen LogP contribution is -2.34. The van der Waals surface area contributed by atoms with E-state index in [9.17, 15) is 13.2 Å². The molecule has 2 saturated heterocycles. The summed E-state index contributed by atoms with van der Waals surface area (Å²) in [7, 11) is -3.80. The first-order valence-corrected chi connectivity index (χ1v) is 11.2. The maximum atomic E-state index is 12.5. The van der Waals surface area contributed by atoms with Gasteiger partial charge in [-0.15, -0.1) is 0 Å². The molecule has 0 aliphatic carbocycles. The van der Waals surface area contributed by atoms with Crippen LogP contribution in [0.1, 0.15) is 37.7 Å². The monoisotopic (exact) mass is 412 g/mol. The summed E-state index contributed by atoms with van der Waals surface area (Å²) < 4.78 is 42.0. The molecule has 156 valence electrons. The van der Waals surface area contributed by atoms with Crippen molar-refractivity contribution >= 4 is 16.1 Å². The number of hydrogen-bond acceptors (Lipinski definition) is 6. The van der Waals surface area contributed by atoms with Crippen LogP contribution in [0.4, 0.5) is 0 Å². The van der Waals surface area contributed by atoms with Gasteiger partial charge in [0.05, 0.1) is 30.3 Å². The maximum Gasteiger partial charge on any atom is 0.303 e. The largest absolute Gasteiger partial charge is 0.481 e. The third-order valence-electron chi connectivity index (χ3n) is 5.56. The number of rotatable bonds is 11. The maximum absolute atomic E-state index is 12.5. The van der Waals surface area contributed by atoms with Crippen LogP contribution in [0.2, 0.25) is 0 Å². The lowest BCUT2D eigenvalue weighted by molar-refractivity contribution is -0.137. The number of ether oxygens (including phenoxy) is 2. The number of aryl methyl sites for hydroxylation is 1. The van der Waals surface area contributed by atoms with Crippen LogP contribution in [0, 0.1) is 18.8 Å². The molecule has 8 heteroatoms. The Kier molecular flexibility index (Phi) is 7.09.